The minimum absolute atomic E-state index is 0.0357. The van der Waals surface area contributed by atoms with Crippen molar-refractivity contribution in [2.75, 3.05) is 20.3 Å². The van der Waals surface area contributed by atoms with Crippen LogP contribution < -0.4 is 10.6 Å². The third kappa shape index (κ3) is 5.83. The van der Waals surface area contributed by atoms with Gasteiger partial charge >= 0.3 is 11.9 Å². The van der Waals surface area contributed by atoms with Gasteiger partial charge in [-0.15, -0.1) is 0 Å². The van der Waals surface area contributed by atoms with Gasteiger partial charge in [0, 0.05) is 46.8 Å². The minimum atomic E-state index is -1.92. The molecule has 3 aliphatic heterocycles. The molecule has 4 heterocycles. The Labute approximate surface area is 327 Å². The summed E-state index contributed by atoms with van der Waals surface area (Å²) in [5.74, 6) is -1.55. The lowest BCUT2D eigenvalue weighted by Crippen LogP contribution is -2.78. The van der Waals surface area contributed by atoms with Crippen molar-refractivity contribution in [3.8, 4) is 0 Å². The molecule has 2 saturated carbocycles. The Morgan fingerprint density at radius 2 is 1.93 bits per heavy atom. The summed E-state index contributed by atoms with van der Waals surface area (Å²) < 4.78 is 33.1. The number of carbonyl (C=O) groups is 2. The number of fused-ring (bicyclic) bond motifs is 6. The summed E-state index contributed by atoms with van der Waals surface area (Å²) in [5, 5.41) is 47.6. The van der Waals surface area contributed by atoms with E-state index in [0.29, 0.717) is 55.3 Å². The summed E-state index contributed by atoms with van der Waals surface area (Å²) in [6.07, 6.45) is 14.5. The largest absolute Gasteiger partial charge is 0.481 e. The fourth-order valence-electron chi connectivity index (χ4n) is 12.0. The van der Waals surface area contributed by atoms with E-state index in [0.717, 1.165) is 28.3 Å². The first-order valence-corrected chi connectivity index (χ1v) is 21.0. The predicted octanol–water partition coefficient (Wildman–Crippen LogP) is 3.63. The van der Waals surface area contributed by atoms with E-state index < -0.39 is 65.0 Å². The molecule has 0 amide bonds. The molecule has 0 unspecified atom stereocenters. The van der Waals surface area contributed by atoms with Crippen LogP contribution in [0.1, 0.15) is 102 Å². The summed E-state index contributed by atoms with van der Waals surface area (Å²) in [5.41, 5.74) is -2.04. The molecule has 1 aromatic heterocycles. The van der Waals surface area contributed by atoms with Gasteiger partial charge in [0.05, 0.1) is 37.7 Å². The molecule has 0 radical (unpaired) electrons. The zero-order valence-electron chi connectivity index (χ0n) is 32.5. The molecule has 9 rings (SSSR count). The number of carboxylic acid groups (broad SMARTS) is 1. The summed E-state index contributed by atoms with van der Waals surface area (Å²) >= 11 is 0. The number of carbonyl (C=O) groups excluding carboxylic acids is 1. The molecule has 5 N–H and O–H groups in total. The van der Waals surface area contributed by atoms with Crippen LogP contribution in [0, 0.1) is 29.1 Å². The van der Waals surface area contributed by atoms with Gasteiger partial charge in [-0.1, -0.05) is 56.6 Å². The molecule has 12 atom stereocenters. The third-order valence-electron chi connectivity index (χ3n) is 15.0. The number of nitrogens with one attached hydrogen (secondary N) is 1. The highest BCUT2D eigenvalue weighted by molar-refractivity contribution is 5.90. The van der Waals surface area contributed by atoms with Crippen LogP contribution in [0.3, 0.4) is 0 Å². The van der Waals surface area contributed by atoms with Crippen LogP contribution in [0.4, 0.5) is 0 Å². The molecule has 5 aliphatic carbocycles. The number of aliphatic carboxylic acids is 1. The fraction of sp³-hybridized carbons (Fsp3) is 0.682. The second-order valence-corrected chi connectivity index (χ2v) is 17.8. The van der Waals surface area contributed by atoms with E-state index in [1.54, 1.807) is 0 Å². The van der Waals surface area contributed by atoms with Crippen LogP contribution >= 0.6 is 0 Å². The number of ether oxygens (including phenoxy) is 5. The number of aromatic nitrogens is 1. The molecule has 304 valence electrons. The van der Waals surface area contributed by atoms with Gasteiger partial charge in [-0.2, -0.15) is 0 Å². The summed E-state index contributed by atoms with van der Waals surface area (Å²) in [6.45, 7) is 2.29. The van der Waals surface area contributed by atoms with Gasteiger partial charge < -0.3 is 49.1 Å². The average Bonchev–Trinajstić information content (AvgIpc) is 3.51. The van der Waals surface area contributed by atoms with E-state index in [4.69, 9.17) is 23.7 Å². The first-order valence-electron chi connectivity index (χ1n) is 21.0. The second-order valence-electron chi connectivity index (χ2n) is 17.8. The zero-order valence-corrected chi connectivity index (χ0v) is 32.5. The van der Waals surface area contributed by atoms with Gasteiger partial charge in [0.2, 0.25) is 0 Å². The zero-order chi connectivity index (χ0) is 39.0. The molecule has 2 spiro atoms. The topological polar surface area (TPSA) is 177 Å². The molecule has 1 saturated heterocycles. The number of aromatic amines is 1. The molecular formula is C44H57NO11. The molecule has 3 fully saturated rings. The maximum Gasteiger partial charge on any atom is 0.333 e. The second kappa shape index (κ2) is 14.5. The number of allylic oxidation sites excluding steroid dienone is 1. The molecular weight excluding hydrogens is 718 g/mol. The van der Waals surface area contributed by atoms with Crippen molar-refractivity contribution in [2.45, 2.75) is 138 Å². The quantitative estimate of drug-likeness (QED) is 0.193. The van der Waals surface area contributed by atoms with E-state index in [1.807, 2.05) is 18.2 Å². The van der Waals surface area contributed by atoms with Crippen LogP contribution in [0.5, 0.6) is 0 Å². The number of aliphatic hydroxyl groups is 3. The van der Waals surface area contributed by atoms with E-state index in [2.05, 4.69) is 30.1 Å². The van der Waals surface area contributed by atoms with Gasteiger partial charge in [0.25, 0.3) is 0 Å². The normalized spacial score (nSPS) is 40.6. The predicted molar refractivity (Wildman–Crippen MR) is 203 cm³/mol. The van der Waals surface area contributed by atoms with E-state index in [1.165, 1.54) is 39.2 Å². The summed E-state index contributed by atoms with van der Waals surface area (Å²) in [6, 6.07) is 2.22. The smallest absolute Gasteiger partial charge is 0.333 e. The van der Waals surface area contributed by atoms with E-state index in [9.17, 15) is 30.0 Å². The molecule has 1 aromatic rings. The van der Waals surface area contributed by atoms with Gasteiger partial charge in [-0.05, 0) is 80.8 Å². The molecule has 7 bridgehead atoms. The first kappa shape index (κ1) is 38.3. The maximum atomic E-state index is 13.4. The lowest BCUT2D eigenvalue weighted by Gasteiger charge is -2.61. The van der Waals surface area contributed by atoms with Crippen LogP contribution in [-0.4, -0.2) is 99.6 Å². The number of hydrogen-bond acceptors (Lipinski definition) is 10. The summed E-state index contributed by atoms with van der Waals surface area (Å²) in [7, 11) is 1.30. The highest BCUT2D eigenvalue weighted by Gasteiger charge is 2.71. The highest BCUT2D eigenvalue weighted by atomic mass is 16.7. The Morgan fingerprint density at radius 3 is 2.70 bits per heavy atom. The highest BCUT2D eigenvalue weighted by Crippen LogP contribution is 2.59. The summed E-state index contributed by atoms with van der Waals surface area (Å²) in [4.78, 5) is 29.5. The van der Waals surface area contributed by atoms with Gasteiger partial charge in [-0.25, -0.2) is 4.79 Å². The number of carboxylic acids is 1. The van der Waals surface area contributed by atoms with Crippen molar-refractivity contribution in [2.24, 2.45) is 29.1 Å². The number of H-pyrrole nitrogens is 1. The monoisotopic (exact) mass is 775 g/mol. The van der Waals surface area contributed by atoms with Crippen molar-refractivity contribution in [3.63, 3.8) is 0 Å². The van der Waals surface area contributed by atoms with Crippen molar-refractivity contribution < 1.29 is 53.7 Å². The van der Waals surface area contributed by atoms with Crippen molar-refractivity contribution in [1.29, 1.82) is 0 Å². The number of aliphatic hydroxyl groups excluding tert-OH is 2. The lowest BCUT2D eigenvalue weighted by atomic mass is 9.58. The van der Waals surface area contributed by atoms with Gasteiger partial charge in [0.15, 0.2) is 11.9 Å². The SMILES string of the molecule is COC(=O)C1=C[C@]23C=C[C@H]4CC[C@H]2CC=C[C@H]([C@@H]1CC(=O)O)[C@@H]3O[C@@H]1O[C@H](CO4)[C@]23OC(CCCO)=c4[nH]c([C@H](C)C5CCCCC5)cc4=C2CC[C@@]1(O)[C@H]3O. The number of rotatable bonds is 8. The number of esters is 1. The minimum Gasteiger partial charge on any atom is -0.481 e. The van der Waals surface area contributed by atoms with Crippen molar-refractivity contribution in [3.05, 3.63) is 58.3 Å². The molecule has 56 heavy (non-hydrogen) atoms. The van der Waals surface area contributed by atoms with Gasteiger partial charge in [-0.3, -0.25) is 4.79 Å². The Kier molecular flexibility index (Phi) is 9.93. The first-order chi connectivity index (χ1) is 27.0. The standard InChI is InChI=1S/C44H57NO11/c1-24(25-8-4-3-5-9-25)33-20-30-32-16-18-43(51)40(50)44(32,56-34(12-7-19-46)37(30)45-33)35-23-53-27-14-13-26-10-6-11-28-29(21-36(47)48)31(39(49)52-2)22-42(26,17-15-27)38(28)55-41(43)54-35/h6,11,15,17,20,22,24-29,35,38,40-41,45-46,50-51H,3-5,7-10,12-14,16,18-19,21,23H2,1-2H3,(H,47,48)/t24-,26-,27-,28-,29+,35-,38+,40-,41+,42-,43-,44-/m1/s1. The molecule has 0 aromatic carbocycles. The van der Waals surface area contributed by atoms with Crippen molar-refractivity contribution in [1.82, 2.24) is 4.98 Å². The average molecular weight is 776 g/mol. The Morgan fingerprint density at radius 1 is 1.11 bits per heavy atom. The molecule has 12 nitrogen and oxygen atoms in total. The van der Waals surface area contributed by atoms with E-state index >= 15 is 0 Å². The number of hydrogen-bond donors (Lipinski definition) is 5. The molecule has 12 heteroatoms. The Bertz CT molecular complexity index is 1940. The van der Waals surface area contributed by atoms with Crippen molar-refractivity contribution >= 4 is 23.3 Å². The fourth-order valence-corrected chi connectivity index (χ4v) is 12.0. The maximum absolute atomic E-state index is 13.4. The number of methoxy groups -OCH3 is 1. The van der Waals surface area contributed by atoms with Crippen LogP contribution in [-0.2, 0) is 33.3 Å². The Balaban J connectivity index is 1.18. The van der Waals surface area contributed by atoms with E-state index in [-0.39, 0.29) is 38.1 Å². The van der Waals surface area contributed by atoms with Crippen LogP contribution in [0.15, 0.2) is 42.0 Å². The van der Waals surface area contributed by atoms with Crippen LogP contribution in [0.2, 0.25) is 0 Å². The lowest BCUT2D eigenvalue weighted by molar-refractivity contribution is -0.379. The van der Waals surface area contributed by atoms with Gasteiger partial charge in [0.1, 0.15) is 23.6 Å². The third-order valence-corrected chi connectivity index (χ3v) is 15.0. The Hall–Kier alpha value is -3.26. The molecule has 8 aliphatic rings. The van der Waals surface area contributed by atoms with Crippen LogP contribution in [0.25, 0.3) is 11.3 Å².